The standard InChI is InChI=1S/C21H25N3O4/c1-22-19(27)18(6-3-7-25)24-10-16-15(20(24)28)4-2-5-17(16)23-12-21(13-23)8-14(9-21)11-26/h2,4-5,7,11,14,18H,3,6,8-10,12-13H2,1H3,(H,22,27). The van der Waals surface area contributed by atoms with Gasteiger partial charge in [-0.1, -0.05) is 6.07 Å². The number of nitrogens with one attached hydrogen (secondary N) is 1. The van der Waals surface area contributed by atoms with Crippen molar-refractivity contribution < 1.29 is 19.2 Å². The van der Waals surface area contributed by atoms with E-state index >= 15 is 0 Å². The summed E-state index contributed by atoms with van der Waals surface area (Å²) in [6.45, 7) is 2.19. The molecule has 1 aromatic carbocycles. The molecule has 7 heteroatoms. The summed E-state index contributed by atoms with van der Waals surface area (Å²) in [5.74, 6) is -0.204. The number of hydrogen-bond acceptors (Lipinski definition) is 5. The van der Waals surface area contributed by atoms with Crippen molar-refractivity contribution in [3.8, 4) is 0 Å². The van der Waals surface area contributed by atoms with E-state index in [2.05, 4.69) is 10.2 Å². The van der Waals surface area contributed by atoms with Gasteiger partial charge in [0.15, 0.2) is 0 Å². The van der Waals surface area contributed by atoms with Gasteiger partial charge in [-0.3, -0.25) is 9.59 Å². The molecule has 1 spiro atoms. The van der Waals surface area contributed by atoms with Crippen LogP contribution in [0.15, 0.2) is 18.2 Å². The van der Waals surface area contributed by atoms with E-state index in [1.807, 2.05) is 18.2 Å². The molecule has 1 aliphatic carbocycles. The lowest BCUT2D eigenvalue weighted by Gasteiger charge is -2.59. The Bertz CT molecular complexity index is 823. The van der Waals surface area contributed by atoms with Crippen LogP contribution in [0.2, 0.25) is 0 Å². The molecule has 2 aliphatic heterocycles. The maximum Gasteiger partial charge on any atom is 0.255 e. The van der Waals surface area contributed by atoms with Crippen LogP contribution in [0.3, 0.4) is 0 Å². The van der Waals surface area contributed by atoms with Crippen LogP contribution >= 0.6 is 0 Å². The molecule has 0 aromatic heterocycles. The van der Waals surface area contributed by atoms with Crippen molar-refractivity contribution in [2.75, 3.05) is 25.0 Å². The maximum absolute atomic E-state index is 13.0. The van der Waals surface area contributed by atoms with Gasteiger partial charge in [0.2, 0.25) is 5.91 Å². The molecule has 1 saturated carbocycles. The van der Waals surface area contributed by atoms with E-state index in [0.717, 1.165) is 49.8 Å². The second-order valence-corrected chi connectivity index (χ2v) is 8.27. The highest BCUT2D eigenvalue weighted by Crippen LogP contribution is 2.53. The quantitative estimate of drug-likeness (QED) is 0.714. The van der Waals surface area contributed by atoms with Gasteiger partial charge >= 0.3 is 0 Å². The zero-order valence-electron chi connectivity index (χ0n) is 16.0. The Morgan fingerprint density at radius 2 is 2.07 bits per heavy atom. The normalized spacial score (nSPS) is 21.0. The second kappa shape index (κ2) is 7.04. The fourth-order valence-corrected chi connectivity index (χ4v) is 5.05. The molecule has 1 N–H and O–H groups in total. The van der Waals surface area contributed by atoms with Gasteiger partial charge in [0, 0.05) is 61.2 Å². The summed E-state index contributed by atoms with van der Waals surface area (Å²) in [6.07, 6.45) is 4.30. The third-order valence-corrected chi connectivity index (χ3v) is 6.43. The molecule has 2 heterocycles. The number of benzene rings is 1. The van der Waals surface area contributed by atoms with E-state index in [0.29, 0.717) is 18.5 Å². The summed E-state index contributed by atoms with van der Waals surface area (Å²) in [7, 11) is 1.54. The molecule has 1 aromatic rings. The minimum absolute atomic E-state index is 0.156. The highest BCUT2D eigenvalue weighted by molar-refractivity contribution is 6.02. The largest absolute Gasteiger partial charge is 0.370 e. The molecule has 2 amide bonds. The molecule has 1 unspecified atom stereocenters. The van der Waals surface area contributed by atoms with Crippen molar-refractivity contribution in [2.45, 2.75) is 38.3 Å². The fourth-order valence-electron chi connectivity index (χ4n) is 5.05. The number of carbonyl (C=O) groups is 4. The number of likely N-dealkylation sites (N-methyl/N-ethyl adjacent to an activating group) is 1. The van der Waals surface area contributed by atoms with E-state index in [4.69, 9.17) is 0 Å². The van der Waals surface area contributed by atoms with E-state index in [9.17, 15) is 19.2 Å². The molecular formula is C21H25N3O4. The average molecular weight is 383 g/mol. The molecule has 7 nitrogen and oxygen atoms in total. The number of amides is 2. The molecule has 1 saturated heterocycles. The number of carbonyl (C=O) groups excluding carboxylic acids is 4. The lowest BCUT2D eigenvalue weighted by atomic mass is 9.58. The smallest absolute Gasteiger partial charge is 0.255 e. The van der Waals surface area contributed by atoms with Crippen LogP contribution in [-0.2, 0) is 20.9 Å². The van der Waals surface area contributed by atoms with Gasteiger partial charge in [0.1, 0.15) is 18.6 Å². The van der Waals surface area contributed by atoms with Crippen molar-refractivity contribution in [3.05, 3.63) is 29.3 Å². The lowest BCUT2D eigenvalue weighted by molar-refractivity contribution is -0.125. The summed E-state index contributed by atoms with van der Waals surface area (Å²) < 4.78 is 0. The Morgan fingerprint density at radius 1 is 1.32 bits per heavy atom. The minimum atomic E-state index is -0.648. The zero-order chi connectivity index (χ0) is 19.9. The van der Waals surface area contributed by atoms with Gasteiger partial charge in [-0.25, -0.2) is 0 Å². The number of rotatable bonds is 7. The highest BCUT2D eigenvalue weighted by atomic mass is 16.2. The molecule has 28 heavy (non-hydrogen) atoms. The second-order valence-electron chi connectivity index (χ2n) is 8.27. The summed E-state index contributed by atoms with van der Waals surface area (Å²) in [5.41, 5.74) is 2.89. The third-order valence-electron chi connectivity index (χ3n) is 6.43. The molecule has 3 aliphatic rings. The first-order valence-corrected chi connectivity index (χ1v) is 9.80. The van der Waals surface area contributed by atoms with Gasteiger partial charge in [-0.05, 0) is 31.4 Å². The van der Waals surface area contributed by atoms with Crippen molar-refractivity contribution in [1.82, 2.24) is 10.2 Å². The van der Waals surface area contributed by atoms with Gasteiger partial charge in [-0.15, -0.1) is 0 Å². The first kappa shape index (κ1) is 18.7. The summed E-state index contributed by atoms with van der Waals surface area (Å²) in [5, 5.41) is 2.61. The van der Waals surface area contributed by atoms with E-state index < -0.39 is 6.04 Å². The van der Waals surface area contributed by atoms with Crippen molar-refractivity contribution in [3.63, 3.8) is 0 Å². The van der Waals surface area contributed by atoms with Gasteiger partial charge in [0.25, 0.3) is 5.91 Å². The fraction of sp³-hybridized carbons (Fsp3) is 0.524. The van der Waals surface area contributed by atoms with Crippen LogP contribution < -0.4 is 10.2 Å². The Labute approximate surface area is 164 Å². The summed E-state index contributed by atoms with van der Waals surface area (Å²) in [4.78, 5) is 50.9. The first-order valence-electron chi connectivity index (χ1n) is 9.80. The van der Waals surface area contributed by atoms with Crippen LogP contribution in [0.1, 0.15) is 41.6 Å². The molecule has 148 valence electrons. The molecular weight excluding hydrogens is 358 g/mol. The van der Waals surface area contributed by atoms with E-state index in [-0.39, 0.29) is 29.6 Å². The number of hydrogen-bond donors (Lipinski definition) is 1. The number of anilines is 1. The topological polar surface area (TPSA) is 86.8 Å². The van der Waals surface area contributed by atoms with Crippen molar-refractivity contribution in [1.29, 1.82) is 0 Å². The van der Waals surface area contributed by atoms with Crippen molar-refractivity contribution >= 4 is 30.1 Å². The summed E-state index contributed by atoms with van der Waals surface area (Å²) >= 11 is 0. The number of nitrogens with zero attached hydrogens (tertiary/aromatic N) is 2. The predicted molar refractivity (Wildman–Crippen MR) is 103 cm³/mol. The van der Waals surface area contributed by atoms with Crippen LogP contribution in [0.4, 0.5) is 5.69 Å². The van der Waals surface area contributed by atoms with Crippen molar-refractivity contribution in [2.24, 2.45) is 11.3 Å². The van der Waals surface area contributed by atoms with Crippen LogP contribution in [0.5, 0.6) is 0 Å². The minimum Gasteiger partial charge on any atom is -0.370 e. The van der Waals surface area contributed by atoms with Gasteiger partial charge < -0.3 is 24.7 Å². The number of fused-ring (bicyclic) bond motifs is 1. The monoisotopic (exact) mass is 383 g/mol. The molecule has 0 radical (unpaired) electrons. The Balaban J connectivity index is 1.53. The Kier molecular flexibility index (Phi) is 4.69. The van der Waals surface area contributed by atoms with Gasteiger partial charge in [0.05, 0.1) is 0 Å². The molecule has 1 atom stereocenters. The molecule has 4 rings (SSSR count). The Hall–Kier alpha value is -2.70. The van der Waals surface area contributed by atoms with Crippen LogP contribution in [0.25, 0.3) is 0 Å². The Morgan fingerprint density at radius 3 is 2.71 bits per heavy atom. The van der Waals surface area contributed by atoms with Crippen LogP contribution in [-0.4, -0.2) is 55.5 Å². The van der Waals surface area contributed by atoms with Gasteiger partial charge in [-0.2, -0.15) is 0 Å². The number of aldehydes is 2. The SMILES string of the molecule is CNC(=O)C(CCC=O)N1Cc2c(cccc2N2CC3(CC(C=O)C3)C2)C1=O. The van der Waals surface area contributed by atoms with E-state index in [1.54, 1.807) is 11.9 Å². The first-order chi connectivity index (χ1) is 13.5. The average Bonchev–Trinajstić information content (AvgIpc) is 2.97. The molecule has 0 bridgehead atoms. The summed E-state index contributed by atoms with van der Waals surface area (Å²) in [6, 6.07) is 5.07. The predicted octanol–water partition coefficient (Wildman–Crippen LogP) is 1.15. The zero-order valence-corrected chi connectivity index (χ0v) is 16.0. The lowest BCUT2D eigenvalue weighted by Crippen LogP contribution is -2.62. The third kappa shape index (κ3) is 2.89. The van der Waals surface area contributed by atoms with E-state index in [1.165, 1.54) is 0 Å². The maximum atomic E-state index is 13.0. The molecule has 2 fully saturated rings. The van der Waals surface area contributed by atoms with Crippen LogP contribution in [0, 0.1) is 11.3 Å². The highest BCUT2D eigenvalue weighted by Gasteiger charge is 2.53.